The molecule has 24 heavy (non-hydrogen) atoms. The Balaban J connectivity index is 1.71. The molecule has 1 aromatic heterocycles. The van der Waals surface area contributed by atoms with Gasteiger partial charge in [0.1, 0.15) is 0 Å². The van der Waals surface area contributed by atoms with Gasteiger partial charge in [-0.05, 0) is 19.1 Å². The summed E-state index contributed by atoms with van der Waals surface area (Å²) < 4.78 is 2.17. The molecule has 0 fully saturated rings. The average molecular weight is 316 g/mol. The monoisotopic (exact) mass is 316 g/mol. The molecule has 1 heterocycles. The van der Waals surface area contributed by atoms with Gasteiger partial charge in [-0.2, -0.15) is 5.10 Å². The Labute approximate surface area is 143 Å². The van der Waals surface area contributed by atoms with Gasteiger partial charge in [0, 0.05) is 30.3 Å². The molecule has 3 nitrogen and oxygen atoms in total. The topological polar surface area (TPSA) is 19.5 Å². The fraction of sp³-hybridized carbons (Fsp3) is 0.143. The first-order valence-corrected chi connectivity index (χ1v) is 8.10. The fourth-order valence-corrected chi connectivity index (χ4v) is 2.58. The fourth-order valence-electron chi connectivity index (χ4n) is 2.58. The van der Waals surface area contributed by atoms with E-state index in [1.807, 2.05) is 43.2 Å². The van der Waals surface area contributed by atoms with E-state index in [9.17, 15) is 0 Å². The quantitative estimate of drug-likeness (QED) is 0.397. The smallest absolute Gasteiger partial charge is 0.173 e. The lowest BCUT2D eigenvalue weighted by atomic mass is 10.2. The molecular weight excluding hydrogens is 294 g/mol. The Morgan fingerprint density at radius 1 is 0.875 bits per heavy atom. The number of anilines is 1. The van der Waals surface area contributed by atoms with Crippen molar-refractivity contribution >= 4 is 11.4 Å². The van der Waals surface area contributed by atoms with E-state index < -0.39 is 0 Å². The Kier molecular flexibility index (Phi) is 5.02. The van der Waals surface area contributed by atoms with Crippen LogP contribution in [-0.2, 0) is 6.54 Å². The van der Waals surface area contributed by atoms with Crippen LogP contribution in [-0.4, -0.2) is 12.8 Å². The van der Waals surface area contributed by atoms with Crippen LogP contribution in [0.15, 0.2) is 90.3 Å². The van der Waals surface area contributed by atoms with Crippen molar-refractivity contribution in [1.29, 1.82) is 0 Å². The van der Waals surface area contributed by atoms with Crippen molar-refractivity contribution in [3.05, 3.63) is 96.3 Å². The van der Waals surface area contributed by atoms with E-state index in [4.69, 9.17) is 0 Å². The molecule has 3 heteroatoms. The van der Waals surface area contributed by atoms with Crippen LogP contribution in [0.4, 0.5) is 5.69 Å². The average Bonchev–Trinajstić information content (AvgIpc) is 2.64. The van der Waals surface area contributed by atoms with Gasteiger partial charge in [-0.1, -0.05) is 48.5 Å². The lowest BCUT2D eigenvalue weighted by molar-refractivity contribution is -0.688. The van der Waals surface area contributed by atoms with Gasteiger partial charge < -0.3 is 0 Å². The molecule has 3 rings (SSSR count). The summed E-state index contributed by atoms with van der Waals surface area (Å²) >= 11 is 0. The van der Waals surface area contributed by atoms with Crippen molar-refractivity contribution in [3.8, 4) is 0 Å². The van der Waals surface area contributed by atoms with E-state index in [1.165, 1.54) is 5.56 Å². The molecule has 2 aromatic carbocycles. The van der Waals surface area contributed by atoms with Gasteiger partial charge >= 0.3 is 0 Å². The zero-order valence-corrected chi connectivity index (χ0v) is 14.1. The van der Waals surface area contributed by atoms with Gasteiger partial charge in [0.2, 0.25) is 0 Å². The third-order valence-corrected chi connectivity index (χ3v) is 3.95. The second-order valence-electron chi connectivity index (χ2n) is 5.79. The zero-order chi connectivity index (χ0) is 16.8. The highest BCUT2D eigenvalue weighted by Gasteiger charge is 2.06. The van der Waals surface area contributed by atoms with Gasteiger partial charge in [-0.15, -0.1) is 0 Å². The number of para-hydroxylation sites is 1. The first-order chi connectivity index (χ1) is 11.7. The highest BCUT2D eigenvalue weighted by molar-refractivity contribution is 5.98. The number of rotatable bonds is 5. The lowest BCUT2D eigenvalue weighted by Gasteiger charge is -2.14. The van der Waals surface area contributed by atoms with Crippen LogP contribution in [0, 0.1) is 0 Å². The molecule has 3 aromatic rings. The third kappa shape index (κ3) is 4.07. The molecule has 120 valence electrons. The Bertz CT molecular complexity index is 794. The molecule has 0 saturated carbocycles. The second kappa shape index (κ2) is 7.55. The maximum absolute atomic E-state index is 4.67. The number of hydrogen-bond acceptors (Lipinski definition) is 2. The van der Waals surface area contributed by atoms with Crippen LogP contribution < -0.4 is 9.58 Å². The molecule has 0 N–H and O–H groups in total. The van der Waals surface area contributed by atoms with Gasteiger partial charge in [0.15, 0.2) is 18.9 Å². The van der Waals surface area contributed by atoms with Crippen molar-refractivity contribution in [3.63, 3.8) is 0 Å². The Morgan fingerprint density at radius 3 is 2.08 bits per heavy atom. The summed E-state index contributed by atoms with van der Waals surface area (Å²) in [4.78, 5) is 0. The van der Waals surface area contributed by atoms with Crippen molar-refractivity contribution in [2.75, 3.05) is 12.1 Å². The maximum atomic E-state index is 4.67. The molecule has 0 saturated heterocycles. The van der Waals surface area contributed by atoms with Crippen molar-refractivity contribution in [1.82, 2.24) is 0 Å². The van der Waals surface area contributed by atoms with E-state index in [0.29, 0.717) is 0 Å². The van der Waals surface area contributed by atoms with Gasteiger partial charge in [-0.3, -0.25) is 5.01 Å². The first-order valence-electron chi connectivity index (χ1n) is 8.10. The highest BCUT2D eigenvalue weighted by Crippen LogP contribution is 2.12. The Hall–Kier alpha value is -2.94. The minimum atomic E-state index is 0.876. The number of nitrogens with zero attached hydrogens (tertiary/aromatic N) is 3. The number of benzene rings is 2. The van der Waals surface area contributed by atoms with Crippen molar-refractivity contribution < 1.29 is 4.57 Å². The van der Waals surface area contributed by atoms with Gasteiger partial charge in [-0.25, -0.2) is 4.57 Å². The second-order valence-corrected chi connectivity index (χ2v) is 5.79. The molecule has 0 aliphatic carbocycles. The zero-order valence-electron chi connectivity index (χ0n) is 14.1. The van der Waals surface area contributed by atoms with E-state index in [2.05, 4.69) is 70.6 Å². The van der Waals surface area contributed by atoms with Crippen molar-refractivity contribution in [2.45, 2.75) is 13.5 Å². The normalized spacial score (nSPS) is 11.3. The summed E-state index contributed by atoms with van der Waals surface area (Å²) in [6.07, 6.45) is 4.20. The predicted octanol–water partition coefficient (Wildman–Crippen LogP) is 3.88. The van der Waals surface area contributed by atoms with Crippen LogP contribution in [0.1, 0.15) is 18.1 Å². The summed E-state index contributed by atoms with van der Waals surface area (Å²) in [6.45, 7) is 2.91. The summed E-state index contributed by atoms with van der Waals surface area (Å²) in [5, 5.41) is 6.57. The highest BCUT2D eigenvalue weighted by atomic mass is 15.4. The van der Waals surface area contributed by atoms with E-state index in [0.717, 1.165) is 23.5 Å². The molecule has 0 aliphatic rings. The van der Waals surface area contributed by atoms with Crippen molar-refractivity contribution in [2.24, 2.45) is 5.10 Å². The SMILES string of the molecule is CC(=NN(C)c1ccccc1)c1cc[n+](Cc2ccccc2)cc1. The summed E-state index contributed by atoms with van der Waals surface area (Å²) in [6, 6.07) is 24.8. The number of hydrogen-bond donors (Lipinski definition) is 0. The van der Waals surface area contributed by atoms with Gasteiger partial charge in [0.05, 0.1) is 11.4 Å². The molecule has 0 radical (unpaired) electrons. The predicted molar refractivity (Wildman–Crippen MR) is 99.2 cm³/mol. The van der Waals surface area contributed by atoms with Crippen LogP contribution in [0.2, 0.25) is 0 Å². The van der Waals surface area contributed by atoms with E-state index in [-0.39, 0.29) is 0 Å². The molecule has 0 spiro atoms. The molecular formula is C21H22N3+. The van der Waals surface area contributed by atoms with E-state index in [1.54, 1.807) is 0 Å². The Morgan fingerprint density at radius 2 is 1.46 bits per heavy atom. The summed E-state index contributed by atoms with van der Waals surface area (Å²) in [7, 11) is 1.97. The van der Waals surface area contributed by atoms with Crippen LogP contribution in [0.5, 0.6) is 0 Å². The maximum Gasteiger partial charge on any atom is 0.173 e. The van der Waals surface area contributed by atoms with Crippen LogP contribution in [0.25, 0.3) is 0 Å². The number of pyridine rings is 1. The molecule has 0 unspecified atom stereocenters. The van der Waals surface area contributed by atoms with Gasteiger partial charge in [0.25, 0.3) is 0 Å². The number of hydrazone groups is 1. The molecule has 0 atom stereocenters. The van der Waals surface area contributed by atoms with Crippen LogP contribution >= 0.6 is 0 Å². The minimum Gasteiger partial charge on any atom is -0.268 e. The third-order valence-electron chi connectivity index (χ3n) is 3.95. The largest absolute Gasteiger partial charge is 0.268 e. The molecule has 0 amide bonds. The number of aromatic nitrogens is 1. The summed E-state index contributed by atoms with van der Waals surface area (Å²) in [5.74, 6) is 0. The molecule has 0 aliphatic heterocycles. The standard InChI is InChI=1S/C21H22N3/c1-18(22-23(2)21-11-7-4-8-12-21)20-13-15-24(16-14-20)17-19-9-5-3-6-10-19/h3-16H,17H2,1-2H3/q+1. The lowest BCUT2D eigenvalue weighted by Crippen LogP contribution is -2.33. The van der Waals surface area contributed by atoms with Crippen LogP contribution in [0.3, 0.4) is 0 Å². The molecule has 0 bridgehead atoms. The summed E-state index contributed by atoms with van der Waals surface area (Å²) in [5.41, 5.74) is 4.49. The van der Waals surface area contributed by atoms with E-state index >= 15 is 0 Å². The minimum absolute atomic E-state index is 0.876. The first kappa shape index (κ1) is 15.9.